The van der Waals surface area contributed by atoms with Crippen molar-refractivity contribution in [3.63, 3.8) is 0 Å². The second-order valence-corrected chi connectivity index (χ2v) is 11.7. The lowest BCUT2D eigenvalue weighted by Gasteiger charge is -2.60. The number of para-hydroxylation sites is 2. The summed E-state index contributed by atoms with van der Waals surface area (Å²) >= 11 is 0. The van der Waals surface area contributed by atoms with Gasteiger partial charge in [0.1, 0.15) is 0 Å². The molecule has 3 aliphatic carbocycles. The van der Waals surface area contributed by atoms with Crippen LogP contribution < -0.4 is 10.2 Å². The zero-order valence-corrected chi connectivity index (χ0v) is 20.8. The van der Waals surface area contributed by atoms with Crippen molar-refractivity contribution in [3.05, 3.63) is 72.8 Å². The Balaban J connectivity index is 1.26. The van der Waals surface area contributed by atoms with Crippen LogP contribution in [0.5, 0.6) is 0 Å². The number of amides is 2. The third-order valence-corrected chi connectivity index (χ3v) is 10.3. The lowest BCUT2D eigenvalue weighted by molar-refractivity contribution is -0.128. The Kier molecular flexibility index (Phi) is 5.39. The molecule has 1 N–H and O–H groups in total. The first kappa shape index (κ1) is 22.6. The van der Waals surface area contributed by atoms with E-state index in [9.17, 15) is 9.59 Å². The van der Waals surface area contributed by atoms with Crippen LogP contribution in [0.2, 0.25) is 0 Å². The van der Waals surface area contributed by atoms with Crippen LogP contribution in [-0.2, 0) is 9.59 Å². The molecule has 7 atom stereocenters. The van der Waals surface area contributed by atoms with Crippen molar-refractivity contribution < 1.29 is 9.59 Å². The number of nitrogens with zero attached hydrogens (tertiary/aromatic N) is 1. The molecular formula is C31H36N2O2. The average molecular weight is 469 g/mol. The van der Waals surface area contributed by atoms with Crippen LogP contribution in [0.4, 0.5) is 11.4 Å². The summed E-state index contributed by atoms with van der Waals surface area (Å²) < 4.78 is 0. The van der Waals surface area contributed by atoms with Gasteiger partial charge in [-0.15, -0.1) is 0 Å². The molecule has 0 aromatic heterocycles. The van der Waals surface area contributed by atoms with Gasteiger partial charge in [0.25, 0.3) is 5.91 Å². The van der Waals surface area contributed by atoms with Gasteiger partial charge in [0.15, 0.2) is 0 Å². The van der Waals surface area contributed by atoms with Gasteiger partial charge in [-0.1, -0.05) is 56.3 Å². The number of benzene rings is 2. The summed E-state index contributed by atoms with van der Waals surface area (Å²) in [5.41, 5.74) is 1.93. The molecule has 35 heavy (non-hydrogen) atoms. The molecule has 0 spiro atoms. The van der Waals surface area contributed by atoms with Crippen molar-refractivity contribution in [2.75, 3.05) is 10.2 Å². The highest BCUT2D eigenvalue weighted by molar-refractivity contribution is 6.03. The molecule has 0 saturated heterocycles. The Hall–Kier alpha value is -2.88. The van der Waals surface area contributed by atoms with E-state index in [1.54, 1.807) is 0 Å². The minimum Gasteiger partial charge on any atom is -0.326 e. The zero-order chi connectivity index (χ0) is 24.2. The first-order valence-electron chi connectivity index (χ1n) is 13.4. The van der Waals surface area contributed by atoms with Crippen LogP contribution in [0.1, 0.15) is 52.4 Å². The van der Waals surface area contributed by atoms with Crippen molar-refractivity contribution >= 4 is 23.2 Å². The lowest BCUT2D eigenvalue weighted by atomic mass is 9.47. The van der Waals surface area contributed by atoms with Gasteiger partial charge in [0.05, 0.1) is 0 Å². The largest absolute Gasteiger partial charge is 0.326 e. The molecule has 1 aliphatic heterocycles. The molecule has 2 aromatic rings. The Bertz CT molecular complexity index is 1150. The first-order valence-corrected chi connectivity index (χ1v) is 13.4. The molecule has 2 aromatic carbocycles. The molecule has 0 bridgehead atoms. The molecule has 0 unspecified atom stereocenters. The van der Waals surface area contributed by atoms with Crippen molar-refractivity contribution in [1.29, 1.82) is 0 Å². The van der Waals surface area contributed by atoms with Crippen LogP contribution in [-0.4, -0.2) is 17.9 Å². The molecule has 3 saturated carbocycles. The van der Waals surface area contributed by atoms with Gasteiger partial charge in [-0.2, -0.15) is 0 Å². The quantitative estimate of drug-likeness (QED) is 0.562. The first-order chi connectivity index (χ1) is 16.9. The number of fused-ring (bicyclic) bond motifs is 5. The van der Waals surface area contributed by atoms with Crippen molar-refractivity contribution in [3.8, 4) is 0 Å². The number of hydrogen-bond donors (Lipinski definition) is 1. The van der Waals surface area contributed by atoms with E-state index < -0.39 is 0 Å². The van der Waals surface area contributed by atoms with E-state index in [-0.39, 0.29) is 34.6 Å². The summed E-state index contributed by atoms with van der Waals surface area (Å²) in [6.45, 7) is 4.78. The average Bonchev–Trinajstić information content (AvgIpc) is 3.23. The third-order valence-electron chi connectivity index (χ3n) is 10.3. The van der Waals surface area contributed by atoms with Crippen LogP contribution in [0.25, 0.3) is 0 Å². The third kappa shape index (κ3) is 3.48. The normalized spacial score (nSPS) is 37.8. The fourth-order valence-electron chi connectivity index (χ4n) is 8.57. The number of carbonyl (C=O) groups excluding carboxylic acids is 2. The minimum absolute atomic E-state index is 0.0294. The number of hydrogen-bond acceptors (Lipinski definition) is 2. The molecule has 4 aliphatic rings. The molecule has 0 radical (unpaired) electrons. The van der Waals surface area contributed by atoms with Gasteiger partial charge in [0, 0.05) is 34.8 Å². The predicted octanol–water partition coefficient (Wildman–Crippen LogP) is 6.46. The van der Waals surface area contributed by atoms with Crippen LogP contribution >= 0.6 is 0 Å². The highest BCUT2D eigenvalue weighted by atomic mass is 16.2. The van der Waals surface area contributed by atoms with Crippen molar-refractivity contribution in [1.82, 2.24) is 0 Å². The molecule has 2 amide bonds. The molecule has 182 valence electrons. The second kappa shape index (κ2) is 8.36. The van der Waals surface area contributed by atoms with Crippen LogP contribution in [0.3, 0.4) is 0 Å². The maximum absolute atomic E-state index is 13.4. The monoisotopic (exact) mass is 468 g/mol. The SMILES string of the molecule is C[C@]12C=CC(=O)N(c3ccccc3)[C@@H]1CC[C@@H]1[C@@H]2CC[C@]2(C)[C@@H](C(=O)Nc3ccccc3)CC[C@@H]12. The zero-order valence-electron chi connectivity index (χ0n) is 20.8. The number of rotatable bonds is 3. The van der Waals surface area contributed by atoms with E-state index in [2.05, 4.69) is 42.3 Å². The Morgan fingerprint density at radius 3 is 2.34 bits per heavy atom. The number of nitrogens with one attached hydrogen (secondary N) is 1. The van der Waals surface area contributed by atoms with E-state index in [0.29, 0.717) is 17.8 Å². The molecule has 6 rings (SSSR count). The van der Waals surface area contributed by atoms with Gasteiger partial charge < -0.3 is 10.2 Å². The maximum atomic E-state index is 13.4. The summed E-state index contributed by atoms with van der Waals surface area (Å²) in [7, 11) is 0. The summed E-state index contributed by atoms with van der Waals surface area (Å²) in [6, 6.07) is 20.3. The molecule has 4 heteroatoms. The van der Waals surface area contributed by atoms with Gasteiger partial charge >= 0.3 is 0 Å². The summed E-state index contributed by atoms with van der Waals surface area (Å²) in [6.07, 6.45) is 10.6. The Morgan fingerprint density at radius 2 is 1.60 bits per heavy atom. The van der Waals surface area contributed by atoms with E-state index in [4.69, 9.17) is 0 Å². The maximum Gasteiger partial charge on any atom is 0.250 e. The minimum atomic E-state index is -0.0294. The molecule has 4 nitrogen and oxygen atoms in total. The van der Waals surface area contributed by atoms with E-state index >= 15 is 0 Å². The standard InChI is InChI=1S/C31H36N2O2/c1-30-19-17-25-23(24(30)14-15-26(30)29(35)32-21-9-5-3-6-10-21)13-16-27-31(25,2)20-18-28(34)33(27)22-11-7-4-8-12-22/h3-12,18,20,23-27H,13-17,19H2,1-2H3,(H,32,35)/t23-,24-,25-,26+,27+,30-,31+/m0/s1. The lowest BCUT2D eigenvalue weighted by Crippen LogP contribution is -2.61. The Morgan fingerprint density at radius 1 is 0.886 bits per heavy atom. The van der Waals surface area contributed by atoms with Crippen LogP contribution in [0, 0.1) is 34.5 Å². The van der Waals surface area contributed by atoms with Crippen molar-refractivity contribution in [2.45, 2.75) is 58.4 Å². The summed E-state index contributed by atoms with van der Waals surface area (Å²) in [4.78, 5) is 28.5. The van der Waals surface area contributed by atoms with Crippen LogP contribution in [0.15, 0.2) is 72.8 Å². The topological polar surface area (TPSA) is 49.4 Å². The summed E-state index contributed by atoms with van der Waals surface area (Å²) in [5.74, 6) is 2.10. The van der Waals surface area contributed by atoms with E-state index in [0.717, 1.165) is 49.9 Å². The summed E-state index contributed by atoms with van der Waals surface area (Å²) in [5, 5.41) is 3.20. The molecule has 3 fully saturated rings. The van der Waals surface area contributed by atoms with Gasteiger partial charge in [0.2, 0.25) is 5.91 Å². The Labute approximate surface area is 208 Å². The predicted molar refractivity (Wildman–Crippen MR) is 140 cm³/mol. The molecular weight excluding hydrogens is 432 g/mol. The second-order valence-electron chi connectivity index (χ2n) is 11.7. The fourth-order valence-corrected chi connectivity index (χ4v) is 8.57. The highest BCUT2D eigenvalue weighted by Crippen LogP contribution is 2.65. The molecule has 1 heterocycles. The van der Waals surface area contributed by atoms with E-state index in [1.165, 1.54) is 0 Å². The fraction of sp³-hybridized carbons (Fsp3) is 0.484. The van der Waals surface area contributed by atoms with Gasteiger partial charge in [-0.05, 0) is 86.0 Å². The van der Waals surface area contributed by atoms with E-state index in [1.807, 2.05) is 54.6 Å². The smallest absolute Gasteiger partial charge is 0.250 e. The number of carbonyl (C=O) groups is 2. The van der Waals surface area contributed by atoms with Gasteiger partial charge in [-0.3, -0.25) is 9.59 Å². The number of anilines is 2. The van der Waals surface area contributed by atoms with Crippen molar-refractivity contribution in [2.24, 2.45) is 34.5 Å². The highest BCUT2D eigenvalue weighted by Gasteiger charge is 2.61. The van der Waals surface area contributed by atoms with Gasteiger partial charge in [-0.25, -0.2) is 0 Å².